The molecule has 0 aliphatic carbocycles. The summed E-state index contributed by atoms with van der Waals surface area (Å²) in [6.45, 7) is 1.02. The topological polar surface area (TPSA) is 127 Å². The highest BCUT2D eigenvalue weighted by Gasteiger charge is 2.39. The highest BCUT2D eigenvalue weighted by molar-refractivity contribution is 7.16. The fourth-order valence-electron chi connectivity index (χ4n) is 2.87. The number of pyridine rings is 1. The maximum Gasteiger partial charge on any atom is 0.473 e. The van der Waals surface area contributed by atoms with E-state index in [9.17, 15) is 27.6 Å². The molecule has 32 heavy (non-hydrogen) atoms. The maximum absolute atomic E-state index is 12.7. The normalized spacial score (nSPS) is 17.2. The molecule has 2 aromatic heterocycles. The number of alkyl halides is 3. The summed E-state index contributed by atoms with van der Waals surface area (Å²) < 4.78 is 42.4. The Balaban J connectivity index is 1.63. The number of carbonyl (C=O) groups is 3. The summed E-state index contributed by atoms with van der Waals surface area (Å²) in [6.07, 6.45) is -2.13. The van der Waals surface area contributed by atoms with Crippen LogP contribution in [0.25, 0.3) is 0 Å². The van der Waals surface area contributed by atoms with Crippen LogP contribution >= 0.6 is 11.3 Å². The zero-order valence-corrected chi connectivity index (χ0v) is 17.3. The Bertz CT molecular complexity index is 1030. The Morgan fingerprint density at radius 3 is 2.72 bits per heavy atom. The number of amides is 3. The molecule has 1 fully saturated rings. The summed E-state index contributed by atoms with van der Waals surface area (Å²) >= 11 is 0.785. The smallest absolute Gasteiger partial charge is 0.382 e. The van der Waals surface area contributed by atoms with Crippen molar-refractivity contribution in [1.82, 2.24) is 15.2 Å². The lowest BCUT2D eigenvalue weighted by atomic mass is 10.1. The first kappa shape index (κ1) is 23.3. The van der Waals surface area contributed by atoms with Gasteiger partial charge < -0.3 is 20.7 Å². The van der Waals surface area contributed by atoms with Gasteiger partial charge in [-0.15, -0.1) is 11.3 Å². The highest BCUT2D eigenvalue weighted by atomic mass is 32.1. The van der Waals surface area contributed by atoms with Crippen molar-refractivity contribution in [2.24, 2.45) is 10.7 Å². The molecule has 170 valence electrons. The van der Waals surface area contributed by atoms with E-state index in [0.29, 0.717) is 18.7 Å². The predicted molar refractivity (Wildman–Crippen MR) is 108 cm³/mol. The fraction of sp³-hybridized carbons (Fsp3) is 0.316. The van der Waals surface area contributed by atoms with Gasteiger partial charge in [0, 0.05) is 25.5 Å². The summed E-state index contributed by atoms with van der Waals surface area (Å²) in [5.41, 5.74) is 5.86. The minimum atomic E-state index is -5.14. The van der Waals surface area contributed by atoms with Crippen molar-refractivity contribution >= 4 is 34.9 Å². The summed E-state index contributed by atoms with van der Waals surface area (Å²) in [7, 11) is 0. The zero-order chi connectivity index (χ0) is 23.3. The van der Waals surface area contributed by atoms with E-state index < -0.39 is 29.9 Å². The Morgan fingerprint density at radius 1 is 1.28 bits per heavy atom. The van der Waals surface area contributed by atoms with E-state index in [2.05, 4.69) is 15.3 Å². The molecule has 1 aliphatic rings. The van der Waals surface area contributed by atoms with Crippen LogP contribution in [0.1, 0.15) is 24.9 Å². The van der Waals surface area contributed by atoms with Crippen molar-refractivity contribution in [1.29, 1.82) is 0 Å². The first-order chi connectivity index (χ1) is 15.2. The predicted octanol–water partition coefficient (Wildman–Crippen LogP) is 1.21. The van der Waals surface area contributed by atoms with Gasteiger partial charge in [0.15, 0.2) is 0 Å². The number of thiophene rings is 1. The number of carbonyl (C=O) groups excluding carboxylic acids is 3. The number of morpholine rings is 1. The van der Waals surface area contributed by atoms with Gasteiger partial charge in [0.05, 0.1) is 34.6 Å². The lowest BCUT2D eigenvalue weighted by molar-refractivity contribution is -0.169. The van der Waals surface area contributed by atoms with Gasteiger partial charge in [-0.2, -0.15) is 18.2 Å². The van der Waals surface area contributed by atoms with Crippen LogP contribution in [0.5, 0.6) is 0 Å². The molecule has 1 unspecified atom stereocenters. The zero-order valence-electron chi connectivity index (χ0n) is 16.5. The van der Waals surface area contributed by atoms with Crippen molar-refractivity contribution in [2.45, 2.75) is 12.2 Å². The van der Waals surface area contributed by atoms with E-state index in [-0.39, 0.29) is 28.8 Å². The first-order valence-corrected chi connectivity index (χ1v) is 10.1. The molecule has 0 bridgehead atoms. The van der Waals surface area contributed by atoms with Crippen molar-refractivity contribution in [3.8, 4) is 0 Å². The molecule has 3 rings (SSSR count). The second-order valence-electron chi connectivity index (χ2n) is 6.64. The van der Waals surface area contributed by atoms with Crippen molar-refractivity contribution in [3.05, 3.63) is 52.0 Å². The standard InChI is InChI=1S/C19H18F3N5O4S/c20-19(21,22)18(30)26-15(23)13-3-4-14(32-13)16(28)25-9-12-10-31-7-6-27(12)17(29)11-2-1-5-24-8-11/h1-5,8,12H,6-7,9-10H2,(H,25,28)(H2,23,26,30). The van der Waals surface area contributed by atoms with Crippen LogP contribution < -0.4 is 11.1 Å². The van der Waals surface area contributed by atoms with E-state index in [1.54, 1.807) is 23.2 Å². The minimum absolute atomic E-state index is 0.0436. The third kappa shape index (κ3) is 5.68. The van der Waals surface area contributed by atoms with E-state index in [4.69, 9.17) is 10.5 Å². The van der Waals surface area contributed by atoms with Crippen LogP contribution in [0.15, 0.2) is 41.7 Å². The number of ether oxygens (including phenoxy) is 1. The Kier molecular flexibility index (Phi) is 7.20. The second kappa shape index (κ2) is 9.87. The van der Waals surface area contributed by atoms with Gasteiger partial charge in [-0.3, -0.25) is 19.4 Å². The molecule has 13 heteroatoms. The lowest BCUT2D eigenvalue weighted by Crippen LogP contribution is -2.53. The number of hydrogen-bond acceptors (Lipinski definition) is 6. The van der Waals surface area contributed by atoms with Gasteiger partial charge >= 0.3 is 12.1 Å². The van der Waals surface area contributed by atoms with E-state index in [0.717, 1.165) is 11.3 Å². The Morgan fingerprint density at radius 2 is 2.03 bits per heavy atom. The van der Waals surface area contributed by atoms with Crippen LogP contribution in [0.3, 0.4) is 0 Å². The molecule has 0 spiro atoms. The van der Waals surface area contributed by atoms with Gasteiger partial charge in [0.1, 0.15) is 5.84 Å². The summed E-state index contributed by atoms with van der Waals surface area (Å²) in [5, 5.41) is 2.68. The maximum atomic E-state index is 12.7. The summed E-state index contributed by atoms with van der Waals surface area (Å²) in [6, 6.07) is 5.52. The van der Waals surface area contributed by atoms with Crippen LogP contribution in [-0.2, 0) is 9.53 Å². The summed E-state index contributed by atoms with van der Waals surface area (Å²) in [4.78, 5) is 44.7. The van der Waals surface area contributed by atoms with E-state index >= 15 is 0 Å². The van der Waals surface area contributed by atoms with Gasteiger partial charge in [0.2, 0.25) is 0 Å². The monoisotopic (exact) mass is 469 g/mol. The third-order valence-corrected chi connectivity index (χ3v) is 5.55. The first-order valence-electron chi connectivity index (χ1n) is 9.29. The van der Waals surface area contributed by atoms with Crippen LogP contribution in [0.2, 0.25) is 0 Å². The van der Waals surface area contributed by atoms with E-state index in [1.165, 1.54) is 18.3 Å². The van der Waals surface area contributed by atoms with Gasteiger partial charge in [-0.1, -0.05) is 0 Å². The average Bonchev–Trinajstić information content (AvgIpc) is 3.28. The molecule has 3 N–H and O–H groups in total. The van der Waals surface area contributed by atoms with Crippen LogP contribution in [0.4, 0.5) is 13.2 Å². The number of amidine groups is 1. The number of nitrogens with two attached hydrogens (primary N) is 1. The number of aromatic nitrogens is 1. The molecular weight excluding hydrogens is 451 g/mol. The molecule has 1 aliphatic heterocycles. The third-order valence-electron chi connectivity index (χ3n) is 4.44. The second-order valence-corrected chi connectivity index (χ2v) is 7.73. The Hall–Kier alpha value is -3.32. The SMILES string of the molecule is NC(=NC(=O)C(F)(F)F)c1ccc(C(=O)NCC2COCCN2C(=O)c2cccnc2)s1. The molecule has 1 saturated heterocycles. The number of nitrogens with one attached hydrogen (secondary N) is 1. The molecule has 1 atom stereocenters. The molecule has 9 nitrogen and oxygen atoms in total. The van der Waals surface area contributed by atoms with Gasteiger partial charge in [-0.05, 0) is 24.3 Å². The fourth-order valence-corrected chi connectivity index (χ4v) is 3.69. The minimum Gasteiger partial charge on any atom is -0.382 e. The Labute approximate surface area is 184 Å². The van der Waals surface area contributed by atoms with Gasteiger partial charge in [0.25, 0.3) is 11.8 Å². The molecule has 3 heterocycles. The number of halogens is 3. The largest absolute Gasteiger partial charge is 0.473 e. The summed E-state index contributed by atoms with van der Waals surface area (Å²) in [5.74, 6) is -3.72. The van der Waals surface area contributed by atoms with Crippen molar-refractivity contribution in [2.75, 3.05) is 26.3 Å². The lowest BCUT2D eigenvalue weighted by Gasteiger charge is -2.35. The van der Waals surface area contributed by atoms with Crippen molar-refractivity contribution < 1.29 is 32.3 Å². The van der Waals surface area contributed by atoms with Crippen LogP contribution in [0, 0.1) is 0 Å². The average molecular weight is 469 g/mol. The number of rotatable bonds is 5. The molecule has 0 radical (unpaired) electrons. The number of hydrogen-bond donors (Lipinski definition) is 2. The van der Waals surface area contributed by atoms with E-state index in [1.807, 2.05) is 0 Å². The number of nitrogens with zero attached hydrogens (tertiary/aromatic N) is 3. The molecule has 3 amide bonds. The quantitative estimate of drug-likeness (QED) is 0.501. The molecule has 0 aromatic carbocycles. The van der Waals surface area contributed by atoms with Crippen molar-refractivity contribution in [3.63, 3.8) is 0 Å². The number of aliphatic imine (C=N–C) groups is 1. The molecule has 0 saturated carbocycles. The molecular formula is C19H18F3N5O4S. The van der Waals surface area contributed by atoms with Crippen LogP contribution in [-0.4, -0.2) is 72.0 Å². The van der Waals surface area contributed by atoms with Gasteiger partial charge in [-0.25, -0.2) is 0 Å². The highest BCUT2D eigenvalue weighted by Crippen LogP contribution is 2.20. The molecule has 2 aromatic rings.